The lowest BCUT2D eigenvalue weighted by atomic mass is 10.2. The predicted molar refractivity (Wildman–Crippen MR) is 66.1 cm³/mol. The first kappa shape index (κ1) is 12.5. The Morgan fingerprint density at radius 2 is 2.25 bits per heavy atom. The first-order valence-corrected chi connectivity index (χ1v) is 5.56. The second-order valence-electron chi connectivity index (χ2n) is 3.94. The van der Waals surface area contributed by atoms with Crippen molar-refractivity contribution in [1.82, 2.24) is 4.98 Å². The Morgan fingerprint density at radius 1 is 1.50 bits per heavy atom. The van der Waals surface area contributed by atoms with Gasteiger partial charge in [-0.3, -0.25) is 10.4 Å². The van der Waals surface area contributed by atoms with Crippen LogP contribution in [0.2, 0.25) is 0 Å². The van der Waals surface area contributed by atoms with E-state index in [1.165, 1.54) is 0 Å². The van der Waals surface area contributed by atoms with E-state index < -0.39 is 0 Å². The average Bonchev–Trinajstić information content (AvgIpc) is 2.25. The van der Waals surface area contributed by atoms with Gasteiger partial charge in [-0.05, 0) is 26.3 Å². The molecule has 0 amide bonds. The number of rotatable bonds is 5. The summed E-state index contributed by atoms with van der Waals surface area (Å²) in [7, 11) is 0. The quantitative estimate of drug-likeness (QED) is 0.593. The third kappa shape index (κ3) is 3.88. The highest BCUT2D eigenvalue weighted by atomic mass is 16.5. The maximum Gasteiger partial charge on any atom is 0.214 e. The molecule has 2 N–H and O–H groups in total. The van der Waals surface area contributed by atoms with Crippen molar-refractivity contribution < 1.29 is 4.74 Å². The zero-order chi connectivity index (χ0) is 12.0. The monoisotopic (exact) mass is 221 g/mol. The highest BCUT2D eigenvalue weighted by molar-refractivity contribution is 5.92. The number of pyridine rings is 1. The van der Waals surface area contributed by atoms with E-state index in [0.29, 0.717) is 18.2 Å². The van der Waals surface area contributed by atoms with Crippen molar-refractivity contribution in [1.29, 1.82) is 5.41 Å². The van der Waals surface area contributed by atoms with Crippen molar-refractivity contribution in [3.05, 3.63) is 24.0 Å². The van der Waals surface area contributed by atoms with Crippen LogP contribution in [0.5, 0.6) is 0 Å². The van der Waals surface area contributed by atoms with Crippen molar-refractivity contribution in [3.63, 3.8) is 0 Å². The van der Waals surface area contributed by atoms with Gasteiger partial charge in [0, 0.05) is 18.4 Å². The van der Waals surface area contributed by atoms with Gasteiger partial charge in [0.1, 0.15) is 0 Å². The summed E-state index contributed by atoms with van der Waals surface area (Å²) in [6.07, 6.45) is 4.29. The van der Waals surface area contributed by atoms with Gasteiger partial charge in [-0.25, -0.2) is 0 Å². The maximum absolute atomic E-state index is 7.72. The zero-order valence-electron chi connectivity index (χ0n) is 10.1. The fourth-order valence-corrected chi connectivity index (χ4v) is 1.26. The SMILES string of the molecule is CCCOC(=N)c1cncc(NC(C)C)c1. The molecule has 4 heteroatoms. The van der Waals surface area contributed by atoms with E-state index in [1.54, 1.807) is 12.4 Å². The van der Waals surface area contributed by atoms with E-state index in [2.05, 4.69) is 24.1 Å². The highest BCUT2D eigenvalue weighted by Crippen LogP contribution is 2.10. The molecule has 16 heavy (non-hydrogen) atoms. The van der Waals surface area contributed by atoms with Crippen LogP contribution < -0.4 is 5.32 Å². The molecule has 1 aromatic heterocycles. The number of aromatic nitrogens is 1. The standard InChI is InChI=1S/C12H19N3O/c1-4-5-16-12(13)10-6-11(8-14-7-10)15-9(2)3/h6-9,13,15H,4-5H2,1-3H3. The Bertz CT molecular complexity index is 350. The van der Waals surface area contributed by atoms with Gasteiger partial charge >= 0.3 is 0 Å². The molecule has 0 aliphatic rings. The molecule has 4 nitrogen and oxygen atoms in total. The summed E-state index contributed by atoms with van der Waals surface area (Å²) in [4.78, 5) is 4.08. The third-order valence-electron chi connectivity index (χ3n) is 1.91. The van der Waals surface area contributed by atoms with E-state index in [9.17, 15) is 0 Å². The summed E-state index contributed by atoms with van der Waals surface area (Å²) in [5, 5.41) is 11.0. The Balaban J connectivity index is 2.69. The minimum atomic E-state index is 0.182. The summed E-state index contributed by atoms with van der Waals surface area (Å²) >= 11 is 0. The number of nitrogens with one attached hydrogen (secondary N) is 2. The van der Waals surface area contributed by atoms with E-state index in [0.717, 1.165) is 12.1 Å². The van der Waals surface area contributed by atoms with E-state index >= 15 is 0 Å². The Labute approximate surface area is 96.6 Å². The van der Waals surface area contributed by atoms with Crippen LogP contribution in [0.15, 0.2) is 18.5 Å². The molecular formula is C12H19N3O. The topological polar surface area (TPSA) is 58.0 Å². The van der Waals surface area contributed by atoms with Gasteiger partial charge in [0.05, 0.1) is 17.9 Å². The van der Waals surface area contributed by atoms with Crippen molar-refractivity contribution in [2.45, 2.75) is 33.2 Å². The van der Waals surface area contributed by atoms with Crippen molar-refractivity contribution in [2.24, 2.45) is 0 Å². The molecule has 0 saturated carbocycles. The lowest BCUT2D eigenvalue weighted by Gasteiger charge is -2.11. The molecule has 0 bridgehead atoms. The third-order valence-corrected chi connectivity index (χ3v) is 1.91. The van der Waals surface area contributed by atoms with Crippen LogP contribution in [0.4, 0.5) is 5.69 Å². The van der Waals surface area contributed by atoms with Crippen LogP contribution in [-0.2, 0) is 4.74 Å². The highest BCUT2D eigenvalue weighted by Gasteiger charge is 2.04. The minimum absolute atomic E-state index is 0.182. The first-order chi connectivity index (χ1) is 7.63. The molecule has 1 aromatic rings. The van der Waals surface area contributed by atoms with Crippen LogP contribution in [0, 0.1) is 5.41 Å². The molecular weight excluding hydrogens is 202 g/mol. The molecule has 0 unspecified atom stereocenters. The van der Waals surface area contributed by atoms with Crippen LogP contribution in [0.3, 0.4) is 0 Å². The molecule has 0 radical (unpaired) electrons. The van der Waals surface area contributed by atoms with Gasteiger partial charge in [-0.1, -0.05) is 6.92 Å². The maximum atomic E-state index is 7.72. The van der Waals surface area contributed by atoms with Crippen molar-refractivity contribution in [3.8, 4) is 0 Å². The van der Waals surface area contributed by atoms with Gasteiger partial charge in [0.25, 0.3) is 0 Å². The van der Waals surface area contributed by atoms with Gasteiger partial charge in [0.2, 0.25) is 5.90 Å². The number of hydrogen-bond donors (Lipinski definition) is 2. The van der Waals surface area contributed by atoms with Crippen LogP contribution in [0.25, 0.3) is 0 Å². The molecule has 0 atom stereocenters. The first-order valence-electron chi connectivity index (χ1n) is 5.56. The largest absolute Gasteiger partial charge is 0.478 e. The molecule has 0 fully saturated rings. The van der Waals surface area contributed by atoms with Crippen LogP contribution in [-0.4, -0.2) is 23.5 Å². The molecule has 0 aliphatic heterocycles. The second-order valence-corrected chi connectivity index (χ2v) is 3.94. The molecule has 0 spiro atoms. The van der Waals surface area contributed by atoms with Crippen molar-refractivity contribution >= 4 is 11.6 Å². The molecule has 0 saturated heterocycles. The minimum Gasteiger partial charge on any atom is -0.478 e. The van der Waals surface area contributed by atoms with E-state index in [1.807, 2.05) is 13.0 Å². The molecule has 0 aromatic carbocycles. The lowest BCUT2D eigenvalue weighted by molar-refractivity contribution is 0.303. The van der Waals surface area contributed by atoms with Gasteiger partial charge < -0.3 is 10.1 Å². The van der Waals surface area contributed by atoms with E-state index in [-0.39, 0.29) is 5.90 Å². The number of ether oxygens (including phenoxy) is 1. The Morgan fingerprint density at radius 3 is 2.88 bits per heavy atom. The fourth-order valence-electron chi connectivity index (χ4n) is 1.26. The summed E-state index contributed by atoms with van der Waals surface area (Å²) in [5.74, 6) is 0.182. The number of nitrogens with zero attached hydrogens (tertiary/aromatic N) is 1. The molecule has 88 valence electrons. The summed E-state index contributed by atoms with van der Waals surface area (Å²) in [5.41, 5.74) is 1.62. The summed E-state index contributed by atoms with van der Waals surface area (Å²) < 4.78 is 5.25. The Hall–Kier alpha value is -1.58. The zero-order valence-corrected chi connectivity index (χ0v) is 10.1. The lowest BCUT2D eigenvalue weighted by Crippen LogP contribution is -2.12. The van der Waals surface area contributed by atoms with Crippen LogP contribution in [0.1, 0.15) is 32.8 Å². The smallest absolute Gasteiger partial charge is 0.214 e. The van der Waals surface area contributed by atoms with E-state index in [4.69, 9.17) is 10.1 Å². The molecule has 1 heterocycles. The second kappa shape index (κ2) is 6.10. The van der Waals surface area contributed by atoms with Gasteiger partial charge in [-0.15, -0.1) is 0 Å². The molecule has 1 rings (SSSR count). The predicted octanol–water partition coefficient (Wildman–Crippen LogP) is 2.65. The number of anilines is 1. The summed E-state index contributed by atoms with van der Waals surface area (Å²) in [6.45, 7) is 6.71. The molecule has 0 aliphatic carbocycles. The van der Waals surface area contributed by atoms with Crippen LogP contribution >= 0.6 is 0 Å². The average molecular weight is 221 g/mol. The summed E-state index contributed by atoms with van der Waals surface area (Å²) in [6, 6.07) is 2.23. The Kier molecular flexibility index (Phi) is 4.76. The fraction of sp³-hybridized carbons (Fsp3) is 0.500. The van der Waals surface area contributed by atoms with Crippen molar-refractivity contribution in [2.75, 3.05) is 11.9 Å². The normalized spacial score (nSPS) is 10.2. The van der Waals surface area contributed by atoms with Gasteiger partial charge in [0.15, 0.2) is 0 Å². The number of hydrogen-bond acceptors (Lipinski definition) is 4. The van der Waals surface area contributed by atoms with Gasteiger partial charge in [-0.2, -0.15) is 0 Å².